The minimum atomic E-state index is -0.507. The van der Waals surface area contributed by atoms with Crippen LogP contribution in [0.3, 0.4) is 0 Å². The summed E-state index contributed by atoms with van der Waals surface area (Å²) in [5.74, 6) is -0.182. The first-order chi connectivity index (χ1) is 9.26. The maximum atomic E-state index is 11.9. The predicted molar refractivity (Wildman–Crippen MR) is 67.4 cm³/mol. The fourth-order valence-electron chi connectivity index (χ4n) is 2.60. The highest BCUT2D eigenvalue weighted by atomic mass is 16.7. The molecule has 1 aromatic rings. The summed E-state index contributed by atoms with van der Waals surface area (Å²) in [5, 5.41) is 0. The van der Waals surface area contributed by atoms with Crippen LogP contribution in [0.1, 0.15) is 23.2 Å². The average Bonchev–Trinajstić information content (AvgIpc) is 2.97. The van der Waals surface area contributed by atoms with Crippen molar-refractivity contribution in [3.05, 3.63) is 47.5 Å². The molecule has 1 fully saturated rings. The minimum Gasteiger partial charge on any atom is -0.432 e. The molecule has 1 heterocycles. The van der Waals surface area contributed by atoms with Gasteiger partial charge in [-0.3, -0.25) is 4.79 Å². The summed E-state index contributed by atoms with van der Waals surface area (Å²) < 4.78 is 11.0. The van der Waals surface area contributed by atoms with Gasteiger partial charge in [0.15, 0.2) is 0 Å². The zero-order valence-electron chi connectivity index (χ0n) is 10.3. The van der Waals surface area contributed by atoms with Crippen molar-refractivity contribution in [2.75, 3.05) is 0 Å². The van der Waals surface area contributed by atoms with Gasteiger partial charge < -0.3 is 9.47 Å². The van der Waals surface area contributed by atoms with E-state index in [1.54, 1.807) is 24.3 Å². The van der Waals surface area contributed by atoms with Crippen LogP contribution in [0.5, 0.6) is 0 Å². The van der Waals surface area contributed by atoms with Gasteiger partial charge in [0.05, 0.1) is 11.7 Å². The Hall–Kier alpha value is -1.94. The number of benzene rings is 1. The molecule has 2 aliphatic rings. The van der Waals surface area contributed by atoms with Crippen LogP contribution >= 0.6 is 0 Å². The highest BCUT2D eigenvalue weighted by Gasteiger charge is 2.40. The topological polar surface area (TPSA) is 52.6 Å². The predicted octanol–water partition coefficient (Wildman–Crippen LogP) is 2.10. The molecule has 1 aromatic carbocycles. The molecule has 1 saturated heterocycles. The van der Waals surface area contributed by atoms with Gasteiger partial charge in [-0.25, -0.2) is 4.79 Å². The first-order valence-corrected chi connectivity index (χ1v) is 6.33. The molecule has 4 nitrogen and oxygen atoms in total. The van der Waals surface area contributed by atoms with Gasteiger partial charge in [-0.1, -0.05) is 24.3 Å². The third-order valence-electron chi connectivity index (χ3n) is 3.53. The Labute approximate surface area is 111 Å². The van der Waals surface area contributed by atoms with Crippen LogP contribution in [0, 0.1) is 5.92 Å². The molecule has 1 unspecified atom stereocenters. The monoisotopic (exact) mass is 258 g/mol. The molecule has 0 N–H and O–H groups in total. The number of fused-ring (bicyclic) bond motifs is 1. The van der Waals surface area contributed by atoms with Crippen molar-refractivity contribution < 1.29 is 19.1 Å². The Bertz CT molecular complexity index is 520. The summed E-state index contributed by atoms with van der Waals surface area (Å²) in [6.07, 6.45) is 3.51. The molecule has 4 heteroatoms. The lowest BCUT2D eigenvalue weighted by Crippen LogP contribution is -2.19. The first kappa shape index (κ1) is 12.1. The molecule has 0 bridgehead atoms. The van der Waals surface area contributed by atoms with E-state index in [4.69, 9.17) is 9.47 Å². The Morgan fingerprint density at radius 2 is 2.11 bits per heavy atom. The average molecular weight is 258 g/mol. The Kier molecular flexibility index (Phi) is 3.17. The molecule has 0 spiro atoms. The third-order valence-corrected chi connectivity index (χ3v) is 3.53. The lowest BCUT2D eigenvalue weighted by atomic mass is 10.1. The number of hydrogen-bond donors (Lipinski definition) is 0. The van der Waals surface area contributed by atoms with Crippen molar-refractivity contribution in [2.24, 2.45) is 5.92 Å². The second-order valence-corrected chi connectivity index (χ2v) is 4.84. The van der Waals surface area contributed by atoms with Gasteiger partial charge in [-0.2, -0.15) is 0 Å². The van der Waals surface area contributed by atoms with Gasteiger partial charge in [0.1, 0.15) is 6.29 Å². The van der Waals surface area contributed by atoms with Crippen molar-refractivity contribution >= 4 is 12.3 Å². The fourth-order valence-corrected chi connectivity index (χ4v) is 2.60. The van der Waals surface area contributed by atoms with Gasteiger partial charge in [-0.05, 0) is 17.7 Å². The van der Waals surface area contributed by atoms with Gasteiger partial charge >= 0.3 is 5.97 Å². The van der Waals surface area contributed by atoms with Crippen LogP contribution in [0.2, 0.25) is 0 Å². The van der Waals surface area contributed by atoms with E-state index in [1.165, 1.54) is 0 Å². The van der Waals surface area contributed by atoms with Crippen LogP contribution in [0.4, 0.5) is 0 Å². The van der Waals surface area contributed by atoms with Crippen LogP contribution in [-0.4, -0.2) is 24.6 Å². The maximum Gasteiger partial charge on any atom is 0.340 e. The second kappa shape index (κ2) is 4.97. The molecular formula is C15H14O4. The number of carbonyl (C=O) groups is 2. The second-order valence-electron chi connectivity index (χ2n) is 4.84. The molecule has 98 valence electrons. The minimum absolute atomic E-state index is 0.0197. The molecular weight excluding hydrogens is 244 g/mol. The molecule has 3 rings (SSSR count). The van der Waals surface area contributed by atoms with Crippen molar-refractivity contribution in [3.63, 3.8) is 0 Å². The standard InChI is InChI=1S/C15H14O4/c16-9-10-6-12-8-14(18-13(12)7-10)19-15(17)11-4-2-1-3-5-11/h1-6,9,12-14H,7-8H2/t12-,13-,14?/m0/s1. The summed E-state index contributed by atoms with van der Waals surface area (Å²) in [6, 6.07) is 8.85. The van der Waals surface area contributed by atoms with Crippen molar-refractivity contribution in [3.8, 4) is 0 Å². The van der Waals surface area contributed by atoms with Gasteiger partial charge in [-0.15, -0.1) is 0 Å². The molecule has 0 amide bonds. The van der Waals surface area contributed by atoms with Crippen LogP contribution in [-0.2, 0) is 14.3 Å². The smallest absolute Gasteiger partial charge is 0.340 e. The van der Waals surface area contributed by atoms with E-state index in [0.29, 0.717) is 18.4 Å². The Morgan fingerprint density at radius 1 is 1.32 bits per heavy atom. The SMILES string of the molecule is O=CC1=C[C@H]2CC(OC(=O)c3ccccc3)O[C@H]2C1. The van der Waals surface area contributed by atoms with Crippen molar-refractivity contribution in [1.82, 2.24) is 0 Å². The lowest BCUT2D eigenvalue weighted by molar-refractivity contribution is -0.108. The van der Waals surface area contributed by atoms with Crippen molar-refractivity contribution in [2.45, 2.75) is 25.2 Å². The summed E-state index contributed by atoms with van der Waals surface area (Å²) in [4.78, 5) is 22.5. The van der Waals surface area contributed by atoms with E-state index >= 15 is 0 Å². The van der Waals surface area contributed by atoms with Crippen LogP contribution < -0.4 is 0 Å². The van der Waals surface area contributed by atoms with E-state index in [1.807, 2.05) is 12.1 Å². The molecule has 19 heavy (non-hydrogen) atoms. The van der Waals surface area contributed by atoms with Crippen LogP contribution in [0.15, 0.2) is 42.0 Å². The van der Waals surface area contributed by atoms with Gasteiger partial charge in [0, 0.05) is 18.8 Å². The van der Waals surface area contributed by atoms with Gasteiger partial charge in [0.2, 0.25) is 6.29 Å². The number of esters is 1. The van der Waals surface area contributed by atoms with E-state index in [-0.39, 0.29) is 18.0 Å². The number of hydrogen-bond acceptors (Lipinski definition) is 4. The lowest BCUT2D eigenvalue weighted by Gasteiger charge is -2.13. The zero-order valence-corrected chi connectivity index (χ0v) is 10.3. The highest BCUT2D eigenvalue weighted by molar-refractivity contribution is 5.89. The quantitative estimate of drug-likeness (QED) is 0.615. The molecule has 0 aromatic heterocycles. The van der Waals surface area contributed by atoms with Crippen molar-refractivity contribution in [1.29, 1.82) is 0 Å². The number of ether oxygens (including phenoxy) is 2. The molecule has 0 radical (unpaired) electrons. The third kappa shape index (κ3) is 2.44. The fraction of sp³-hybridized carbons (Fsp3) is 0.333. The normalized spacial score (nSPS) is 28.6. The summed E-state index contributed by atoms with van der Waals surface area (Å²) in [5.41, 5.74) is 1.30. The van der Waals surface area contributed by atoms with E-state index in [0.717, 1.165) is 11.9 Å². The largest absolute Gasteiger partial charge is 0.432 e. The summed E-state index contributed by atoms with van der Waals surface area (Å²) in [7, 11) is 0. The number of aldehydes is 1. The van der Waals surface area contributed by atoms with Crippen LogP contribution in [0.25, 0.3) is 0 Å². The Balaban J connectivity index is 1.60. The highest BCUT2D eigenvalue weighted by Crippen LogP contribution is 2.37. The number of carbonyl (C=O) groups excluding carboxylic acids is 2. The molecule has 1 aliphatic heterocycles. The van der Waals surface area contributed by atoms with E-state index in [9.17, 15) is 9.59 Å². The van der Waals surface area contributed by atoms with Gasteiger partial charge in [0.25, 0.3) is 0 Å². The Morgan fingerprint density at radius 3 is 2.79 bits per heavy atom. The van der Waals surface area contributed by atoms with E-state index in [2.05, 4.69) is 0 Å². The molecule has 0 saturated carbocycles. The molecule has 1 aliphatic carbocycles. The zero-order chi connectivity index (χ0) is 13.2. The molecule has 3 atom stereocenters. The summed E-state index contributed by atoms with van der Waals surface area (Å²) >= 11 is 0. The first-order valence-electron chi connectivity index (χ1n) is 6.33. The van der Waals surface area contributed by atoms with E-state index < -0.39 is 6.29 Å². The summed E-state index contributed by atoms with van der Waals surface area (Å²) in [6.45, 7) is 0. The number of rotatable bonds is 3. The maximum absolute atomic E-state index is 11.9.